The van der Waals surface area contributed by atoms with Crippen LogP contribution >= 0.6 is 22.6 Å². The van der Waals surface area contributed by atoms with E-state index in [0.717, 1.165) is 10.9 Å². The molecular weight excluding hydrogens is 433 g/mol. The summed E-state index contributed by atoms with van der Waals surface area (Å²) >= 11 is 1.91. The van der Waals surface area contributed by atoms with E-state index in [-0.39, 0.29) is 11.6 Å². The van der Waals surface area contributed by atoms with E-state index in [9.17, 15) is 9.90 Å². The van der Waals surface area contributed by atoms with Gasteiger partial charge in [-0.25, -0.2) is 9.97 Å². The number of aryl methyl sites for hydroxylation is 1. The highest BCUT2D eigenvalue weighted by atomic mass is 127. The molecule has 3 aromatic heterocycles. The van der Waals surface area contributed by atoms with Gasteiger partial charge >= 0.3 is 0 Å². The second-order valence-electron chi connectivity index (χ2n) is 5.78. The predicted octanol–water partition coefficient (Wildman–Crippen LogP) is 2.92. The van der Waals surface area contributed by atoms with Crippen molar-refractivity contribution in [3.05, 3.63) is 52.6 Å². The number of H-pyrrole nitrogens is 1. The van der Waals surface area contributed by atoms with E-state index in [2.05, 4.69) is 25.6 Å². The Hall–Kier alpha value is -2.20. The van der Waals surface area contributed by atoms with Crippen molar-refractivity contribution in [2.45, 2.75) is 24.0 Å². The molecule has 8 heteroatoms. The Morgan fingerprint density at radius 1 is 1.28 bits per heavy atom. The lowest BCUT2D eigenvalue weighted by Crippen LogP contribution is -2.27. The van der Waals surface area contributed by atoms with Crippen LogP contribution in [0.25, 0.3) is 10.8 Å². The molecule has 0 aliphatic heterocycles. The Morgan fingerprint density at radius 2 is 2.08 bits per heavy atom. The fourth-order valence-electron chi connectivity index (χ4n) is 2.40. The molecule has 130 valence electrons. The zero-order chi connectivity index (χ0) is 18.0. The first-order chi connectivity index (χ1) is 11.9. The number of nitrogens with zero attached hydrogens (tertiary/aromatic N) is 2. The molecule has 0 bridgehead atoms. The number of fused-ring (bicyclic) bond motifs is 1. The van der Waals surface area contributed by atoms with Gasteiger partial charge in [-0.05, 0) is 71.7 Å². The van der Waals surface area contributed by atoms with Crippen LogP contribution < -0.4 is 16.2 Å². The molecule has 0 fully saturated rings. The number of hydrogen-bond acceptors (Lipinski definition) is 6. The topological polar surface area (TPSA) is 103 Å². The second kappa shape index (κ2) is 7.36. The number of rotatable bonds is 5. The zero-order valence-corrected chi connectivity index (χ0v) is 15.9. The summed E-state index contributed by atoms with van der Waals surface area (Å²) < 4.78 is -0.618. The quantitative estimate of drug-likeness (QED) is 0.352. The van der Waals surface area contributed by atoms with Crippen LogP contribution in [0.5, 0.6) is 0 Å². The molecule has 0 spiro atoms. The van der Waals surface area contributed by atoms with Crippen molar-refractivity contribution >= 4 is 50.8 Å². The second-order valence-corrected chi connectivity index (χ2v) is 7.05. The molecule has 0 aromatic carbocycles. The zero-order valence-electron chi connectivity index (χ0n) is 13.7. The average molecular weight is 451 g/mol. The van der Waals surface area contributed by atoms with Gasteiger partial charge in [0, 0.05) is 12.4 Å². The van der Waals surface area contributed by atoms with Crippen molar-refractivity contribution in [1.29, 1.82) is 0 Å². The SMILES string of the molecule is Cc1ccnc(Nc2cc3cc[nH]c(=O)c3c(N[C@H](C)C(O)I)n2)c1. The fraction of sp³-hybridized carbons (Fsp3) is 0.235. The van der Waals surface area contributed by atoms with Gasteiger partial charge in [-0.15, -0.1) is 0 Å². The molecule has 0 saturated carbocycles. The molecule has 4 N–H and O–H groups in total. The number of anilines is 3. The first kappa shape index (κ1) is 17.6. The van der Waals surface area contributed by atoms with Crippen LogP contribution in [0, 0.1) is 6.92 Å². The van der Waals surface area contributed by atoms with Crippen LogP contribution in [0.2, 0.25) is 0 Å². The fourth-order valence-corrected chi connectivity index (χ4v) is 2.58. The number of aliphatic hydroxyl groups excluding tert-OH is 1. The Balaban J connectivity index is 2.07. The molecule has 0 aliphatic rings. The van der Waals surface area contributed by atoms with Crippen molar-refractivity contribution in [2.24, 2.45) is 0 Å². The summed E-state index contributed by atoms with van der Waals surface area (Å²) in [6, 6.07) is 7.15. The van der Waals surface area contributed by atoms with Crippen molar-refractivity contribution in [3.63, 3.8) is 0 Å². The minimum Gasteiger partial charge on any atom is -0.381 e. The molecule has 0 radical (unpaired) electrons. The third-order valence-electron chi connectivity index (χ3n) is 3.70. The van der Waals surface area contributed by atoms with E-state index in [4.69, 9.17) is 0 Å². The van der Waals surface area contributed by atoms with Crippen molar-refractivity contribution in [1.82, 2.24) is 15.0 Å². The molecule has 25 heavy (non-hydrogen) atoms. The molecular formula is C17H18IN5O2. The smallest absolute Gasteiger partial charge is 0.259 e. The number of hydrogen-bond donors (Lipinski definition) is 4. The van der Waals surface area contributed by atoms with E-state index in [1.54, 1.807) is 18.5 Å². The van der Waals surface area contributed by atoms with Gasteiger partial charge < -0.3 is 20.7 Å². The number of pyridine rings is 3. The maximum atomic E-state index is 12.2. The van der Waals surface area contributed by atoms with Gasteiger partial charge in [-0.3, -0.25) is 4.79 Å². The number of aliphatic hydroxyl groups is 1. The minimum atomic E-state index is -0.618. The highest BCUT2D eigenvalue weighted by Gasteiger charge is 2.15. The third kappa shape index (κ3) is 4.07. The maximum absolute atomic E-state index is 12.2. The largest absolute Gasteiger partial charge is 0.381 e. The van der Waals surface area contributed by atoms with Gasteiger partial charge in [0.25, 0.3) is 5.56 Å². The Morgan fingerprint density at radius 3 is 2.80 bits per heavy atom. The van der Waals surface area contributed by atoms with Crippen molar-refractivity contribution in [2.75, 3.05) is 10.6 Å². The first-order valence-corrected chi connectivity index (χ1v) is 8.99. The minimum absolute atomic E-state index is 0.233. The number of halogens is 1. The number of nitrogens with one attached hydrogen (secondary N) is 3. The Bertz CT molecular complexity index is 957. The number of aromatic amines is 1. The standard InChI is InChI=1S/C17H18IN5O2/c1-9-3-5-19-12(7-9)22-13-8-11-4-6-20-17(25)14(11)16(23-13)21-10(2)15(18)24/h3-8,10,15,24H,1-2H3,(H,20,25)(H2,19,21,22,23)/t10-,15?/m1/s1. The van der Waals surface area contributed by atoms with Crippen LogP contribution in [0.15, 0.2) is 41.5 Å². The lowest BCUT2D eigenvalue weighted by molar-refractivity contribution is 0.261. The highest BCUT2D eigenvalue weighted by Crippen LogP contribution is 2.24. The van der Waals surface area contributed by atoms with Crippen molar-refractivity contribution < 1.29 is 5.11 Å². The van der Waals surface area contributed by atoms with E-state index >= 15 is 0 Å². The average Bonchev–Trinajstić information content (AvgIpc) is 2.54. The molecule has 0 aliphatic carbocycles. The lowest BCUT2D eigenvalue weighted by Gasteiger charge is -2.18. The summed E-state index contributed by atoms with van der Waals surface area (Å²) in [4.78, 5) is 23.7. The van der Waals surface area contributed by atoms with Gasteiger partial charge in [-0.2, -0.15) is 0 Å². The number of aromatic nitrogens is 3. The van der Waals surface area contributed by atoms with E-state index in [1.165, 1.54) is 0 Å². The molecule has 2 atom stereocenters. The third-order valence-corrected chi connectivity index (χ3v) is 4.78. The van der Waals surface area contributed by atoms with Gasteiger partial charge in [-0.1, -0.05) is 0 Å². The van der Waals surface area contributed by atoms with Crippen LogP contribution in [-0.4, -0.2) is 30.2 Å². The maximum Gasteiger partial charge on any atom is 0.259 e. The van der Waals surface area contributed by atoms with Gasteiger partial charge in [0.15, 0.2) is 0 Å². The number of alkyl halides is 1. The molecule has 7 nitrogen and oxygen atoms in total. The van der Waals surface area contributed by atoms with Gasteiger partial charge in [0.05, 0.1) is 11.4 Å². The first-order valence-electron chi connectivity index (χ1n) is 7.75. The summed E-state index contributed by atoms with van der Waals surface area (Å²) in [5, 5.41) is 17.2. The van der Waals surface area contributed by atoms with Gasteiger partial charge in [0.2, 0.25) is 0 Å². The molecule has 3 aromatic rings. The summed E-state index contributed by atoms with van der Waals surface area (Å²) in [7, 11) is 0. The molecule has 3 heterocycles. The van der Waals surface area contributed by atoms with Gasteiger partial charge in [0.1, 0.15) is 21.6 Å². The highest BCUT2D eigenvalue weighted by molar-refractivity contribution is 14.1. The predicted molar refractivity (Wildman–Crippen MR) is 108 cm³/mol. The van der Waals surface area contributed by atoms with E-state index in [0.29, 0.717) is 22.8 Å². The summed E-state index contributed by atoms with van der Waals surface area (Å²) in [6.45, 7) is 3.81. The summed E-state index contributed by atoms with van der Waals surface area (Å²) in [5.41, 5.74) is 0.845. The lowest BCUT2D eigenvalue weighted by atomic mass is 10.2. The van der Waals surface area contributed by atoms with Crippen molar-refractivity contribution in [3.8, 4) is 0 Å². The van der Waals surface area contributed by atoms with E-state index < -0.39 is 4.11 Å². The monoisotopic (exact) mass is 451 g/mol. The van der Waals surface area contributed by atoms with E-state index in [1.807, 2.05) is 54.6 Å². The molecule has 0 amide bonds. The van der Waals surface area contributed by atoms with Crippen LogP contribution in [0.4, 0.5) is 17.5 Å². The summed E-state index contributed by atoms with van der Waals surface area (Å²) in [6.07, 6.45) is 3.32. The van der Waals surface area contributed by atoms with Crippen LogP contribution in [0.1, 0.15) is 12.5 Å². The molecule has 1 unspecified atom stereocenters. The Kier molecular flexibility index (Phi) is 5.19. The normalized spacial score (nSPS) is 13.4. The Labute approximate surface area is 158 Å². The molecule has 3 rings (SSSR count). The summed E-state index contributed by atoms with van der Waals surface area (Å²) in [5.74, 6) is 1.65. The van der Waals surface area contributed by atoms with Crippen LogP contribution in [-0.2, 0) is 0 Å². The van der Waals surface area contributed by atoms with Crippen LogP contribution in [0.3, 0.4) is 0 Å². The molecule has 0 saturated heterocycles.